The lowest BCUT2D eigenvalue weighted by atomic mass is 9.90. The average molecular weight is 378 g/mol. The van der Waals surface area contributed by atoms with E-state index in [0.29, 0.717) is 32.1 Å². The summed E-state index contributed by atoms with van der Waals surface area (Å²) >= 11 is 0. The number of hydrogen-bond acceptors (Lipinski definition) is 3. The van der Waals surface area contributed by atoms with E-state index in [2.05, 4.69) is 33.6 Å². The van der Waals surface area contributed by atoms with Crippen molar-refractivity contribution in [2.75, 3.05) is 25.5 Å². The molecule has 0 aliphatic carbocycles. The van der Waals surface area contributed by atoms with Crippen molar-refractivity contribution in [2.24, 2.45) is 4.99 Å². The number of nitrogens with one attached hydrogen (secondary N) is 3. The second-order valence-electron chi connectivity index (χ2n) is 6.55. The molecule has 2 aromatic carbocycles. The Bertz CT molecular complexity index is 863. The van der Waals surface area contributed by atoms with Gasteiger partial charge in [0.05, 0.1) is 0 Å². The number of amides is 1. The smallest absolute Gasteiger partial charge is 0.225 e. The summed E-state index contributed by atoms with van der Waals surface area (Å²) in [6.45, 7) is 5.35. The van der Waals surface area contributed by atoms with E-state index in [1.807, 2.05) is 42.5 Å². The fourth-order valence-electron chi connectivity index (χ4n) is 3.24. The lowest BCUT2D eigenvalue weighted by molar-refractivity contribution is -0.116. The summed E-state index contributed by atoms with van der Waals surface area (Å²) in [7, 11) is 1.73. The van der Waals surface area contributed by atoms with Crippen LogP contribution in [0.1, 0.15) is 23.5 Å². The highest BCUT2D eigenvalue weighted by molar-refractivity contribution is 5.94. The molecule has 28 heavy (non-hydrogen) atoms. The maximum atomic E-state index is 12.0. The normalized spacial score (nSPS) is 16.0. The number of fused-ring (bicyclic) bond motifs is 1. The topological polar surface area (TPSA) is 74.8 Å². The van der Waals surface area contributed by atoms with Gasteiger partial charge in [0.2, 0.25) is 5.91 Å². The minimum atomic E-state index is 0.0433. The van der Waals surface area contributed by atoms with Gasteiger partial charge < -0.3 is 20.7 Å². The Labute approximate surface area is 165 Å². The maximum absolute atomic E-state index is 12.0. The zero-order valence-corrected chi connectivity index (χ0v) is 16.1. The van der Waals surface area contributed by atoms with Gasteiger partial charge in [0.25, 0.3) is 0 Å². The van der Waals surface area contributed by atoms with E-state index in [-0.39, 0.29) is 11.8 Å². The Hall–Kier alpha value is -3.28. The fraction of sp³-hybridized carbons (Fsp3) is 0.273. The van der Waals surface area contributed by atoms with Crippen molar-refractivity contribution in [1.29, 1.82) is 0 Å². The number of carbonyl (C=O) groups excluding carboxylic acids is 1. The first-order chi connectivity index (χ1) is 13.7. The van der Waals surface area contributed by atoms with Crippen molar-refractivity contribution in [3.63, 3.8) is 0 Å². The summed E-state index contributed by atoms with van der Waals surface area (Å²) in [6, 6.07) is 15.8. The molecule has 0 saturated heterocycles. The van der Waals surface area contributed by atoms with Crippen molar-refractivity contribution in [3.05, 3.63) is 72.3 Å². The largest absolute Gasteiger partial charge is 0.489 e. The molecule has 0 saturated carbocycles. The molecule has 3 N–H and O–H groups in total. The predicted molar refractivity (Wildman–Crippen MR) is 113 cm³/mol. The lowest BCUT2D eigenvalue weighted by Crippen LogP contribution is -2.40. The summed E-state index contributed by atoms with van der Waals surface area (Å²) in [6.07, 6.45) is 2.18. The highest BCUT2D eigenvalue weighted by Gasteiger charge is 2.24. The van der Waals surface area contributed by atoms with Crippen LogP contribution in [0.15, 0.2) is 66.2 Å². The number of nitrogens with zero attached hydrogens (tertiary/aromatic N) is 1. The molecule has 2 aromatic rings. The molecule has 146 valence electrons. The van der Waals surface area contributed by atoms with Crippen LogP contribution in [0.3, 0.4) is 0 Å². The monoisotopic (exact) mass is 378 g/mol. The first-order valence-electron chi connectivity index (χ1n) is 9.36. The third-order valence-corrected chi connectivity index (χ3v) is 4.62. The van der Waals surface area contributed by atoms with Crippen molar-refractivity contribution >= 4 is 17.6 Å². The van der Waals surface area contributed by atoms with Gasteiger partial charge in [-0.2, -0.15) is 0 Å². The number of guanidine groups is 1. The van der Waals surface area contributed by atoms with Gasteiger partial charge in [-0.3, -0.25) is 9.79 Å². The highest BCUT2D eigenvalue weighted by atomic mass is 16.5. The van der Waals surface area contributed by atoms with Gasteiger partial charge in [0, 0.05) is 43.7 Å². The van der Waals surface area contributed by atoms with E-state index < -0.39 is 0 Å². The third kappa shape index (κ3) is 4.91. The Morgan fingerprint density at radius 3 is 2.86 bits per heavy atom. The molecule has 1 heterocycles. The number of ether oxygens (including phenoxy) is 1. The molecule has 6 heteroatoms. The molecule has 1 amide bonds. The molecule has 1 unspecified atom stereocenters. The number of anilines is 1. The summed E-state index contributed by atoms with van der Waals surface area (Å²) in [5.41, 5.74) is 3.07. The molecule has 0 spiro atoms. The molecule has 0 aromatic heterocycles. The van der Waals surface area contributed by atoms with Gasteiger partial charge in [-0.05, 0) is 17.7 Å². The van der Waals surface area contributed by atoms with Crippen LogP contribution >= 0.6 is 0 Å². The number of aliphatic imine (C=N–C) groups is 1. The molecule has 3 rings (SSSR count). The van der Waals surface area contributed by atoms with Crippen molar-refractivity contribution in [2.45, 2.75) is 18.9 Å². The highest BCUT2D eigenvalue weighted by Crippen LogP contribution is 2.31. The zero-order valence-electron chi connectivity index (χ0n) is 16.1. The molecule has 0 radical (unpaired) electrons. The summed E-state index contributed by atoms with van der Waals surface area (Å²) < 4.78 is 5.70. The van der Waals surface area contributed by atoms with Gasteiger partial charge in [-0.15, -0.1) is 0 Å². The van der Waals surface area contributed by atoms with Crippen molar-refractivity contribution in [3.8, 4) is 5.75 Å². The van der Waals surface area contributed by atoms with E-state index in [9.17, 15) is 4.79 Å². The molecule has 0 fully saturated rings. The van der Waals surface area contributed by atoms with Crippen LogP contribution in [0.2, 0.25) is 0 Å². The van der Waals surface area contributed by atoms with E-state index in [1.54, 1.807) is 13.1 Å². The van der Waals surface area contributed by atoms with Crippen LogP contribution in [0, 0.1) is 0 Å². The number of para-hydroxylation sites is 2. The van der Waals surface area contributed by atoms with E-state index >= 15 is 0 Å². The van der Waals surface area contributed by atoms with Crippen LogP contribution in [0.25, 0.3) is 0 Å². The summed E-state index contributed by atoms with van der Waals surface area (Å²) in [5, 5.41) is 9.57. The van der Waals surface area contributed by atoms with Crippen LogP contribution in [-0.2, 0) is 11.3 Å². The van der Waals surface area contributed by atoms with Crippen LogP contribution in [0.4, 0.5) is 5.69 Å². The molecular weight excluding hydrogens is 352 g/mol. The third-order valence-electron chi connectivity index (χ3n) is 4.62. The SMILES string of the molecule is C=CCOc1ccccc1CNC(=NC)NCC1CC(=O)Nc2ccccc21. The Balaban J connectivity index is 1.59. The number of rotatable bonds is 7. The lowest BCUT2D eigenvalue weighted by Gasteiger charge is -2.26. The zero-order chi connectivity index (χ0) is 19.8. The molecule has 1 aliphatic rings. The standard InChI is InChI=1S/C22H26N4O2/c1-3-12-28-20-11-7-4-8-16(20)14-24-22(23-2)25-15-17-13-21(27)26-19-10-6-5-9-18(17)19/h3-11,17H,1,12-15H2,2H3,(H,26,27)(H2,23,24,25). The first kappa shape index (κ1) is 19.5. The van der Waals surface area contributed by atoms with Gasteiger partial charge in [0.1, 0.15) is 12.4 Å². The Morgan fingerprint density at radius 2 is 2.04 bits per heavy atom. The van der Waals surface area contributed by atoms with Gasteiger partial charge >= 0.3 is 0 Å². The first-order valence-corrected chi connectivity index (χ1v) is 9.36. The molecule has 6 nitrogen and oxygen atoms in total. The van der Waals surface area contributed by atoms with Gasteiger partial charge in [-0.1, -0.05) is 49.1 Å². The summed E-state index contributed by atoms with van der Waals surface area (Å²) in [5.74, 6) is 1.65. The Kier molecular flexibility index (Phi) is 6.68. The van der Waals surface area contributed by atoms with E-state index in [1.165, 1.54) is 0 Å². The second-order valence-corrected chi connectivity index (χ2v) is 6.55. The number of hydrogen-bond donors (Lipinski definition) is 3. The summed E-state index contributed by atoms with van der Waals surface area (Å²) in [4.78, 5) is 16.3. The van der Waals surface area contributed by atoms with E-state index in [0.717, 1.165) is 22.6 Å². The van der Waals surface area contributed by atoms with Crippen molar-refractivity contribution in [1.82, 2.24) is 10.6 Å². The quantitative estimate of drug-likeness (QED) is 0.393. The second kappa shape index (κ2) is 9.60. The van der Waals surface area contributed by atoms with Crippen LogP contribution in [0.5, 0.6) is 5.75 Å². The Morgan fingerprint density at radius 1 is 1.25 bits per heavy atom. The molecule has 1 aliphatic heterocycles. The number of carbonyl (C=O) groups is 1. The maximum Gasteiger partial charge on any atom is 0.225 e. The van der Waals surface area contributed by atoms with Gasteiger partial charge in [-0.25, -0.2) is 0 Å². The molecule has 1 atom stereocenters. The van der Waals surface area contributed by atoms with Gasteiger partial charge in [0.15, 0.2) is 5.96 Å². The molecule has 0 bridgehead atoms. The van der Waals surface area contributed by atoms with Crippen molar-refractivity contribution < 1.29 is 9.53 Å². The average Bonchev–Trinajstić information content (AvgIpc) is 2.72. The number of benzene rings is 2. The predicted octanol–water partition coefficient (Wildman–Crippen LogP) is 3.04. The van der Waals surface area contributed by atoms with Crippen LogP contribution in [-0.4, -0.2) is 32.1 Å². The van der Waals surface area contributed by atoms with E-state index in [4.69, 9.17) is 4.74 Å². The fourth-order valence-corrected chi connectivity index (χ4v) is 3.24. The van der Waals surface area contributed by atoms with Crippen LogP contribution < -0.4 is 20.7 Å². The molecular formula is C22H26N4O2. The minimum absolute atomic E-state index is 0.0433. The minimum Gasteiger partial charge on any atom is -0.489 e.